The minimum absolute atomic E-state index is 0.0351. The molecule has 2 rings (SSSR count). The van der Waals surface area contributed by atoms with E-state index in [0.29, 0.717) is 6.42 Å². The van der Waals surface area contributed by atoms with Crippen molar-refractivity contribution in [2.45, 2.75) is 20.3 Å². The Morgan fingerprint density at radius 3 is 2.35 bits per heavy atom. The van der Waals surface area contributed by atoms with Crippen LogP contribution in [0.25, 0.3) is 0 Å². The topological polar surface area (TPSA) is 70.2 Å². The van der Waals surface area contributed by atoms with Crippen molar-refractivity contribution in [3.05, 3.63) is 54.1 Å². The van der Waals surface area contributed by atoms with Crippen molar-refractivity contribution in [2.75, 3.05) is 22.5 Å². The highest BCUT2D eigenvalue weighted by molar-refractivity contribution is 5.94. The van der Waals surface area contributed by atoms with Crippen LogP contribution in [0.15, 0.2) is 48.5 Å². The van der Waals surface area contributed by atoms with Gasteiger partial charge < -0.3 is 16.0 Å². The number of para-hydroxylation sites is 1. The fourth-order valence-corrected chi connectivity index (χ4v) is 2.01. The molecule has 0 bridgehead atoms. The quantitative estimate of drug-likeness (QED) is 0.766. The molecular formula is C18H21N3O2. The Morgan fingerprint density at radius 2 is 1.65 bits per heavy atom. The second-order valence-corrected chi connectivity index (χ2v) is 5.20. The van der Waals surface area contributed by atoms with Crippen LogP contribution in [-0.4, -0.2) is 18.4 Å². The van der Waals surface area contributed by atoms with Crippen LogP contribution in [0, 0.1) is 6.92 Å². The Hall–Kier alpha value is -2.82. The number of rotatable bonds is 6. The van der Waals surface area contributed by atoms with Gasteiger partial charge in [-0.25, -0.2) is 0 Å². The first-order chi connectivity index (χ1) is 11.1. The molecule has 0 aromatic heterocycles. The van der Waals surface area contributed by atoms with E-state index in [0.717, 1.165) is 22.6 Å². The molecule has 120 valence electrons. The fourth-order valence-electron chi connectivity index (χ4n) is 2.01. The largest absolute Gasteiger partial charge is 0.376 e. The van der Waals surface area contributed by atoms with Crippen LogP contribution in [0.3, 0.4) is 0 Å². The second-order valence-electron chi connectivity index (χ2n) is 5.20. The number of amides is 2. The van der Waals surface area contributed by atoms with Gasteiger partial charge in [-0.3, -0.25) is 9.59 Å². The van der Waals surface area contributed by atoms with E-state index in [1.807, 2.05) is 55.5 Å². The predicted octanol–water partition coefficient (Wildman–Crippen LogP) is 3.39. The molecule has 2 aromatic carbocycles. The van der Waals surface area contributed by atoms with Crippen molar-refractivity contribution in [1.29, 1.82) is 0 Å². The lowest BCUT2D eigenvalue weighted by Crippen LogP contribution is -2.21. The van der Waals surface area contributed by atoms with Crippen LogP contribution in [0.4, 0.5) is 17.1 Å². The third-order valence-corrected chi connectivity index (χ3v) is 3.34. The number of nitrogens with one attached hydrogen (secondary N) is 3. The van der Waals surface area contributed by atoms with Crippen molar-refractivity contribution in [2.24, 2.45) is 0 Å². The van der Waals surface area contributed by atoms with Crippen molar-refractivity contribution < 1.29 is 9.59 Å². The monoisotopic (exact) mass is 311 g/mol. The first-order valence-electron chi connectivity index (χ1n) is 7.57. The van der Waals surface area contributed by atoms with Gasteiger partial charge in [0.1, 0.15) is 0 Å². The minimum atomic E-state index is -0.129. The SMILES string of the molecule is CCC(=O)Nc1cc(NCC(=O)Nc2ccccc2)ccc1C. The molecule has 23 heavy (non-hydrogen) atoms. The zero-order valence-corrected chi connectivity index (χ0v) is 13.3. The Kier molecular flexibility index (Phi) is 5.74. The van der Waals surface area contributed by atoms with Crippen LogP contribution in [-0.2, 0) is 9.59 Å². The molecule has 0 fully saturated rings. The highest BCUT2D eigenvalue weighted by Crippen LogP contribution is 2.20. The molecular weight excluding hydrogens is 290 g/mol. The lowest BCUT2D eigenvalue weighted by atomic mass is 10.1. The molecule has 5 nitrogen and oxygen atoms in total. The maximum absolute atomic E-state index is 11.9. The molecule has 0 atom stereocenters. The molecule has 0 unspecified atom stereocenters. The highest BCUT2D eigenvalue weighted by Gasteiger charge is 2.06. The molecule has 0 saturated heterocycles. The number of carbonyl (C=O) groups excluding carboxylic acids is 2. The summed E-state index contributed by atoms with van der Waals surface area (Å²) in [4.78, 5) is 23.4. The molecule has 0 aliphatic heterocycles. The zero-order valence-electron chi connectivity index (χ0n) is 13.3. The summed E-state index contributed by atoms with van der Waals surface area (Å²) in [6, 6.07) is 14.9. The van der Waals surface area contributed by atoms with Crippen molar-refractivity contribution in [1.82, 2.24) is 0 Å². The normalized spacial score (nSPS) is 10.0. The van der Waals surface area contributed by atoms with Gasteiger partial charge in [0, 0.05) is 23.5 Å². The third-order valence-electron chi connectivity index (χ3n) is 3.34. The number of hydrogen-bond acceptors (Lipinski definition) is 3. The molecule has 0 radical (unpaired) electrons. The molecule has 0 heterocycles. The van der Waals surface area contributed by atoms with Gasteiger partial charge in [-0.05, 0) is 36.8 Å². The number of hydrogen-bond donors (Lipinski definition) is 3. The first-order valence-corrected chi connectivity index (χ1v) is 7.57. The van der Waals surface area contributed by atoms with Gasteiger partial charge in [0.05, 0.1) is 6.54 Å². The lowest BCUT2D eigenvalue weighted by molar-refractivity contribution is -0.116. The third kappa shape index (κ3) is 5.14. The summed E-state index contributed by atoms with van der Waals surface area (Å²) >= 11 is 0. The van der Waals surface area contributed by atoms with Crippen molar-refractivity contribution >= 4 is 28.9 Å². The summed E-state index contributed by atoms with van der Waals surface area (Å²) < 4.78 is 0. The Balaban J connectivity index is 1.93. The molecule has 0 aliphatic rings. The van der Waals surface area contributed by atoms with E-state index in [4.69, 9.17) is 0 Å². The van der Waals surface area contributed by atoms with Crippen molar-refractivity contribution in [3.63, 3.8) is 0 Å². The number of benzene rings is 2. The molecule has 0 spiro atoms. The Bertz CT molecular complexity index is 684. The van der Waals surface area contributed by atoms with Gasteiger partial charge in [0.15, 0.2) is 0 Å². The summed E-state index contributed by atoms with van der Waals surface area (Å²) in [5.74, 6) is -0.164. The lowest BCUT2D eigenvalue weighted by Gasteiger charge is -2.12. The van der Waals surface area contributed by atoms with Crippen LogP contribution in [0.1, 0.15) is 18.9 Å². The molecule has 2 amide bonds. The van der Waals surface area contributed by atoms with Crippen LogP contribution < -0.4 is 16.0 Å². The maximum atomic E-state index is 11.9. The second kappa shape index (κ2) is 7.98. The van der Waals surface area contributed by atoms with E-state index < -0.39 is 0 Å². The summed E-state index contributed by atoms with van der Waals surface area (Å²) in [7, 11) is 0. The summed E-state index contributed by atoms with van der Waals surface area (Å²) in [6.45, 7) is 3.89. The fraction of sp³-hybridized carbons (Fsp3) is 0.222. The van der Waals surface area contributed by atoms with E-state index in [9.17, 15) is 9.59 Å². The zero-order chi connectivity index (χ0) is 16.7. The van der Waals surface area contributed by atoms with Crippen molar-refractivity contribution in [3.8, 4) is 0 Å². The first kappa shape index (κ1) is 16.5. The van der Waals surface area contributed by atoms with E-state index in [1.165, 1.54) is 0 Å². The summed E-state index contributed by atoms with van der Waals surface area (Å²) in [5.41, 5.74) is 3.28. The standard InChI is InChI=1S/C18H21N3O2/c1-3-17(22)21-16-11-15(10-9-13(16)2)19-12-18(23)20-14-7-5-4-6-8-14/h4-11,19H,3,12H2,1-2H3,(H,20,23)(H,21,22). The van der Waals surface area contributed by atoms with Gasteiger partial charge >= 0.3 is 0 Å². The van der Waals surface area contributed by atoms with E-state index in [2.05, 4.69) is 16.0 Å². The summed E-state index contributed by atoms with van der Waals surface area (Å²) in [6.07, 6.45) is 0.427. The Morgan fingerprint density at radius 1 is 0.913 bits per heavy atom. The van der Waals surface area contributed by atoms with Gasteiger partial charge in [-0.15, -0.1) is 0 Å². The van der Waals surface area contributed by atoms with Crippen LogP contribution in [0.5, 0.6) is 0 Å². The number of anilines is 3. The summed E-state index contributed by atoms with van der Waals surface area (Å²) in [5, 5.41) is 8.72. The van der Waals surface area contributed by atoms with E-state index in [1.54, 1.807) is 6.92 Å². The van der Waals surface area contributed by atoms with Gasteiger partial charge in [0.25, 0.3) is 0 Å². The molecule has 5 heteroatoms. The van der Waals surface area contributed by atoms with Crippen LogP contribution in [0.2, 0.25) is 0 Å². The Labute approximate surface area is 136 Å². The van der Waals surface area contributed by atoms with Gasteiger partial charge in [-0.2, -0.15) is 0 Å². The molecule has 3 N–H and O–H groups in total. The molecule has 0 aliphatic carbocycles. The smallest absolute Gasteiger partial charge is 0.243 e. The minimum Gasteiger partial charge on any atom is -0.376 e. The predicted molar refractivity (Wildman–Crippen MR) is 93.7 cm³/mol. The van der Waals surface area contributed by atoms with Crippen LogP contribution >= 0.6 is 0 Å². The molecule has 0 saturated carbocycles. The number of carbonyl (C=O) groups is 2. The van der Waals surface area contributed by atoms with E-state index >= 15 is 0 Å². The average molecular weight is 311 g/mol. The van der Waals surface area contributed by atoms with E-state index in [-0.39, 0.29) is 18.4 Å². The van der Waals surface area contributed by atoms with Gasteiger partial charge in [0.2, 0.25) is 11.8 Å². The molecule has 2 aromatic rings. The van der Waals surface area contributed by atoms with Gasteiger partial charge in [-0.1, -0.05) is 31.2 Å². The maximum Gasteiger partial charge on any atom is 0.243 e. The highest BCUT2D eigenvalue weighted by atomic mass is 16.2. The average Bonchev–Trinajstić information content (AvgIpc) is 2.56. The number of aryl methyl sites for hydroxylation is 1.